The lowest BCUT2D eigenvalue weighted by atomic mass is 9.35. The van der Waals surface area contributed by atoms with E-state index in [1.165, 1.54) is 12.8 Å². The Morgan fingerprint density at radius 3 is 2.50 bits per heavy atom. The van der Waals surface area contributed by atoms with E-state index in [1.807, 2.05) is 19.9 Å². The molecule has 3 N–H and O–H groups in total. The number of Topliss-reactive ketones (excluding diaryl/α,β-unsaturated/α-hetero) is 1. The van der Waals surface area contributed by atoms with Crippen LogP contribution >= 0.6 is 0 Å². The molecule has 1 aromatic rings. The minimum absolute atomic E-state index is 0.0736. The number of aliphatic hydroxyl groups is 1. The van der Waals surface area contributed by atoms with E-state index in [1.54, 1.807) is 6.26 Å². The SMILES string of the molecule is CC(C)CCC1(C)OC2C3(CCCC3)C(=O)OCC23C1C(=O)C(O)C1(C)C3CCC2(C)C(c3ccoc3CCCCCCC3CNCN3)OC(=O)C3OC321. The molecule has 1 aromatic heterocycles. The van der Waals surface area contributed by atoms with Crippen LogP contribution < -0.4 is 10.6 Å². The molecule has 6 heterocycles. The zero-order valence-electron chi connectivity index (χ0n) is 33.0. The maximum Gasteiger partial charge on any atom is 0.339 e. The molecule has 8 fully saturated rings. The highest BCUT2D eigenvalue weighted by molar-refractivity contribution is 5.92. The van der Waals surface area contributed by atoms with Crippen molar-refractivity contribution in [1.29, 1.82) is 0 Å². The Bertz CT molecular complexity index is 1660. The summed E-state index contributed by atoms with van der Waals surface area (Å²) in [6.45, 7) is 12.5. The number of ether oxygens (including phenoxy) is 4. The van der Waals surface area contributed by atoms with E-state index in [0.717, 1.165) is 69.5 Å². The van der Waals surface area contributed by atoms with E-state index in [4.69, 9.17) is 23.4 Å². The third-order valence-electron chi connectivity index (χ3n) is 16.5. The zero-order chi connectivity index (χ0) is 37.9. The summed E-state index contributed by atoms with van der Waals surface area (Å²) in [5, 5.41) is 19.5. The van der Waals surface area contributed by atoms with Gasteiger partial charge in [0, 0.05) is 47.5 Å². The van der Waals surface area contributed by atoms with Crippen molar-refractivity contribution in [1.82, 2.24) is 10.6 Å². The number of nitrogens with one attached hydrogen (secondary N) is 2. The van der Waals surface area contributed by atoms with Crippen LogP contribution in [0.25, 0.3) is 0 Å². The third kappa shape index (κ3) is 4.80. The minimum atomic E-state index is -1.40. The molecule has 8 aliphatic rings. The Labute approximate surface area is 319 Å². The van der Waals surface area contributed by atoms with Crippen LogP contribution in [0.5, 0.6) is 0 Å². The fraction of sp³-hybridized carbons (Fsp3) is 0.837. The number of hydrogen-bond acceptors (Lipinski definition) is 11. The fourth-order valence-corrected chi connectivity index (χ4v) is 14.0. The summed E-state index contributed by atoms with van der Waals surface area (Å²) in [4.78, 5) is 43.2. The van der Waals surface area contributed by atoms with Crippen molar-refractivity contribution in [2.45, 2.75) is 166 Å². The van der Waals surface area contributed by atoms with Gasteiger partial charge in [0.25, 0.3) is 0 Å². The van der Waals surface area contributed by atoms with Crippen molar-refractivity contribution < 1.29 is 42.9 Å². The molecule has 0 amide bonds. The number of fused-ring (bicyclic) bond motifs is 2. The van der Waals surface area contributed by atoms with Crippen LogP contribution in [0.1, 0.15) is 136 Å². The third-order valence-corrected chi connectivity index (χ3v) is 16.5. The summed E-state index contributed by atoms with van der Waals surface area (Å²) in [6.07, 6.45) is 10.4. The first-order chi connectivity index (χ1) is 25.8. The average molecular weight is 751 g/mol. The summed E-state index contributed by atoms with van der Waals surface area (Å²) in [5.41, 5.74) is -4.79. The number of epoxide rings is 1. The van der Waals surface area contributed by atoms with Gasteiger partial charge in [-0.3, -0.25) is 9.59 Å². The monoisotopic (exact) mass is 750 g/mol. The normalized spacial score (nSPS) is 45.8. The molecule has 11 heteroatoms. The van der Waals surface area contributed by atoms with E-state index >= 15 is 4.79 Å². The van der Waals surface area contributed by atoms with Gasteiger partial charge in [-0.05, 0) is 76.2 Å². The summed E-state index contributed by atoms with van der Waals surface area (Å²) in [7, 11) is 0. The Morgan fingerprint density at radius 1 is 0.981 bits per heavy atom. The van der Waals surface area contributed by atoms with E-state index in [2.05, 4.69) is 31.4 Å². The number of hydrogen-bond donors (Lipinski definition) is 3. The second kappa shape index (κ2) is 12.9. The Balaban J connectivity index is 1.06. The molecule has 3 aliphatic carbocycles. The van der Waals surface area contributed by atoms with Crippen LogP contribution in [0.15, 0.2) is 16.7 Å². The van der Waals surface area contributed by atoms with Crippen molar-refractivity contribution in [3.8, 4) is 0 Å². The molecule has 5 saturated heterocycles. The number of ketones is 1. The Morgan fingerprint density at radius 2 is 1.76 bits per heavy atom. The first-order valence-corrected chi connectivity index (χ1v) is 21.3. The van der Waals surface area contributed by atoms with Gasteiger partial charge >= 0.3 is 11.9 Å². The lowest BCUT2D eigenvalue weighted by Gasteiger charge is -2.67. The number of unbranched alkanes of at least 4 members (excludes halogenated alkanes) is 3. The van der Waals surface area contributed by atoms with E-state index in [0.29, 0.717) is 44.1 Å². The smallest absolute Gasteiger partial charge is 0.339 e. The van der Waals surface area contributed by atoms with E-state index in [9.17, 15) is 14.7 Å². The van der Waals surface area contributed by atoms with Gasteiger partial charge in [-0.15, -0.1) is 0 Å². The van der Waals surface area contributed by atoms with Crippen molar-refractivity contribution in [2.24, 2.45) is 39.4 Å². The molecule has 12 atom stereocenters. The van der Waals surface area contributed by atoms with Gasteiger partial charge in [0.2, 0.25) is 0 Å². The topological polar surface area (TPSA) is 149 Å². The summed E-state index contributed by atoms with van der Waals surface area (Å²) >= 11 is 0. The number of carbonyl (C=O) groups is 3. The van der Waals surface area contributed by atoms with Crippen molar-refractivity contribution >= 4 is 17.7 Å². The van der Waals surface area contributed by atoms with Gasteiger partial charge in [-0.1, -0.05) is 59.8 Å². The molecule has 54 heavy (non-hydrogen) atoms. The van der Waals surface area contributed by atoms with E-state index in [-0.39, 0.29) is 24.3 Å². The number of rotatable bonds is 11. The molecular weight excluding hydrogens is 688 g/mol. The van der Waals surface area contributed by atoms with Crippen LogP contribution in [-0.2, 0) is 39.8 Å². The lowest BCUT2D eigenvalue weighted by Crippen LogP contribution is -2.77. The van der Waals surface area contributed by atoms with Crippen LogP contribution in [0, 0.1) is 39.4 Å². The number of esters is 2. The molecule has 3 saturated carbocycles. The largest absolute Gasteiger partial charge is 0.469 e. The van der Waals surface area contributed by atoms with Crippen molar-refractivity contribution in [2.75, 3.05) is 19.8 Å². The van der Waals surface area contributed by atoms with Gasteiger partial charge < -0.3 is 39.1 Å². The lowest BCUT2D eigenvalue weighted by molar-refractivity contribution is -0.264. The second-order valence-electron chi connectivity index (χ2n) is 19.7. The molecule has 3 spiro atoms. The number of aryl methyl sites for hydroxylation is 1. The molecule has 0 aromatic carbocycles. The predicted molar refractivity (Wildman–Crippen MR) is 197 cm³/mol. The van der Waals surface area contributed by atoms with Crippen LogP contribution in [-0.4, -0.2) is 78.2 Å². The van der Waals surface area contributed by atoms with Gasteiger partial charge in [-0.25, -0.2) is 4.79 Å². The van der Waals surface area contributed by atoms with Crippen LogP contribution in [0.2, 0.25) is 0 Å². The minimum Gasteiger partial charge on any atom is -0.469 e. The predicted octanol–water partition coefficient (Wildman–Crippen LogP) is 5.71. The number of aliphatic hydroxyl groups excluding tert-OH is 1. The molecule has 0 radical (unpaired) electrons. The summed E-state index contributed by atoms with van der Waals surface area (Å²) in [5.74, 6) is -0.667. The molecule has 12 unspecified atom stereocenters. The maximum atomic E-state index is 15.3. The van der Waals surface area contributed by atoms with Gasteiger partial charge in [-0.2, -0.15) is 0 Å². The number of furan rings is 1. The molecule has 298 valence electrons. The second-order valence-corrected chi connectivity index (χ2v) is 19.7. The van der Waals surface area contributed by atoms with Gasteiger partial charge in [0.05, 0.1) is 29.3 Å². The maximum absolute atomic E-state index is 15.3. The molecule has 0 bridgehead atoms. The zero-order valence-corrected chi connectivity index (χ0v) is 33.0. The van der Waals surface area contributed by atoms with Crippen LogP contribution in [0.4, 0.5) is 0 Å². The molecule has 11 nitrogen and oxygen atoms in total. The quantitative estimate of drug-likeness (QED) is 0.145. The molecule has 9 rings (SSSR count). The van der Waals surface area contributed by atoms with Crippen molar-refractivity contribution in [3.63, 3.8) is 0 Å². The first kappa shape index (κ1) is 37.3. The molecule has 5 aliphatic heterocycles. The summed E-state index contributed by atoms with van der Waals surface area (Å²) < 4.78 is 32.8. The molecular formula is C43H62N2O9. The highest BCUT2D eigenvalue weighted by Crippen LogP contribution is 2.81. The highest BCUT2D eigenvalue weighted by Gasteiger charge is 2.91. The van der Waals surface area contributed by atoms with Crippen LogP contribution in [0.3, 0.4) is 0 Å². The number of carbonyl (C=O) groups excluding carboxylic acids is 3. The highest BCUT2D eigenvalue weighted by atomic mass is 16.7. The Kier molecular flexibility index (Phi) is 8.87. The standard InChI is InChI=1S/C43H62N2O9/c1-25(2)14-20-39(4)31-30(46)32(47)40(5)29(42(31)23-51-37(49)41(36(42)54-39)17-10-11-18-41)15-19-38(3)33(52-35(48)34-43(38,40)53-34)27-16-21-50-28(27)13-9-7-6-8-12-26-22-44-24-45-26/h16,21,25-26,29,31-34,36,44-45,47H,6-15,17-20,22-24H2,1-5H3. The average Bonchev–Trinajstić information content (AvgIpc) is 3.61. The Hall–Kier alpha value is -2.31. The van der Waals surface area contributed by atoms with Gasteiger partial charge in [0.15, 0.2) is 11.9 Å². The van der Waals surface area contributed by atoms with Crippen molar-refractivity contribution in [3.05, 3.63) is 23.7 Å². The van der Waals surface area contributed by atoms with Gasteiger partial charge in [0.1, 0.15) is 30.2 Å². The number of cyclic esters (lactones) is 2. The van der Waals surface area contributed by atoms with E-state index < -0.39 is 69.2 Å². The first-order valence-electron chi connectivity index (χ1n) is 21.3. The summed E-state index contributed by atoms with van der Waals surface area (Å²) in [6, 6.07) is 2.49. The fourth-order valence-electron chi connectivity index (χ4n) is 14.0.